The Bertz CT molecular complexity index is 1770. The topological polar surface area (TPSA) is 133 Å². The number of H-pyrrole nitrogens is 2. The largest absolute Gasteiger partial charge is 0.361 e. The van der Waals surface area contributed by atoms with Crippen LogP contribution in [-0.2, 0) is 11.5 Å². The number of aromatic nitrogens is 7. The Labute approximate surface area is 256 Å². The average Bonchev–Trinajstić information content (AvgIpc) is 3.76. The fourth-order valence-electron chi connectivity index (χ4n) is 3.80. The number of nitrogens with zero attached hydrogens (tertiary/aromatic N) is 5. The molecule has 3 aromatic carbocycles. The highest BCUT2D eigenvalue weighted by Gasteiger charge is 2.09. The molecule has 0 spiro atoms. The predicted molar refractivity (Wildman–Crippen MR) is 168 cm³/mol. The molecule has 0 aliphatic heterocycles. The highest BCUT2D eigenvalue weighted by atomic mass is 32.2. The minimum absolute atomic E-state index is 0.205. The summed E-state index contributed by atoms with van der Waals surface area (Å²) in [5.41, 5.74) is 5.80. The van der Waals surface area contributed by atoms with Crippen LogP contribution in [0.2, 0.25) is 0 Å². The van der Waals surface area contributed by atoms with Gasteiger partial charge in [0.1, 0.15) is 11.6 Å². The molecule has 220 valence electrons. The Kier molecular flexibility index (Phi) is 10.1. The van der Waals surface area contributed by atoms with Crippen LogP contribution >= 0.6 is 23.5 Å². The minimum atomic E-state index is -0.205. The third-order valence-corrected chi connectivity index (χ3v) is 7.84. The SMILES string of the molecule is Cc1cc(CSc2n[nH]c(Nc3ccccc3C)n2)no1.Cc1ccccc1Nc1nc(SCc2ccccc2F)n[nH]1. The van der Waals surface area contributed by atoms with Crippen molar-refractivity contribution >= 4 is 46.8 Å². The molecule has 6 aromatic rings. The van der Waals surface area contributed by atoms with Crippen LogP contribution < -0.4 is 10.6 Å². The van der Waals surface area contributed by atoms with Crippen LogP contribution in [0, 0.1) is 26.6 Å². The maximum absolute atomic E-state index is 13.6. The van der Waals surface area contributed by atoms with Gasteiger partial charge >= 0.3 is 0 Å². The number of hydrogen-bond acceptors (Lipinski definition) is 10. The number of benzene rings is 3. The molecule has 3 heterocycles. The molecular formula is C30H30FN9OS2. The van der Waals surface area contributed by atoms with Crippen molar-refractivity contribution in [2.75, 3.05) is 10.6 Å². The maximum Gasteiger partial charge on any atom is 0.223 e. The number of aryl methyl sites for hydroxylation is 3. The molecule has 3 aromatic heterocycles. The van der Waals surface area contributed by atoms with Crippen molar-refractivity contribution in [2.45, 2.75) is 42.6 Å². The lowest BCUT2D eigenvalue weighted by Crippen LogP contribution is -1.94. The van der Waals surface area contributed by atoms with Gasteiger partial charge in [0, 0.05) is 28.9 Å². The van der Waals surface area contributed by atoms with E-state index in [0.717, 1.165) is 34.0 Å². The van der Waals surface area contributed by atoms with E-state index in [2.05, 4.69) is 46.2 Å². The molecule has 13 heteroatoms. The molecule has 10 nitrogen and oxygen atoms in total. The van der Waals surface area contributed by atoms with Crippen molar-refractivity contribution in [2.24, 2.45) is 0 Å². The maximum atomic E-state index is 13.6. The standard InChI is InChI=1S/C16H15FN4S.C14H15N5OS/c1-11-6-2-5-9-14(11)18-15-19-16(21-20-15)22-10-12-7-3-4-8-13(12)17;1-9-5-3-4-6-12(9)15-13-16-14(18-17-13)21-8-11-7-10(2)20-19-11/h2-9H,10H2,1H3,(H2,18,19,20,21);3-7H,8H2,1-2H3,(H2,15,16,17,18). The fraction of sp³-hybridized carbons (Fsp3) is 0.167. The average molecular weight is 616 g/mol. The molecule has 0 fully saturated rings. The quantitative estimate of drug-likeness (QED) is 0.113. The van der Waals surface area contributed by atoms with E-state index in [1.807, 2.05) is 81.4 Å². The molecule has 4 N–H and O–H groups in total. The van der Waals surface area contributed by atoms with Gasteiger partial charge in [0.2, 0.25) is 22.2 Å². The van der Waals surface area contributed by atoms with E-state index in [1.54, 1.807) is 12.1 Å². The number of aromatic amines is 2. The zero-order valence-corrected chi connectivity index (χ0v) is 25.4. The van der Waals surface area contributed by atoms with Gasteiger partial charge in [0.05, 0.1) is 5.69 Å². The Morgan fingerprint density at radius 3 is 1.79 bits per heavy atom. The second-order valence-electron chi connectivity index (χ2n) is 9.41. The fourth-order valence-corrected chi connectivity index (χ4v) is 5.26. The van der Waals surface area contributed by atoms with Gasteiger partial charge < -0.3 is 15.2 Å². The van der Waals surface area contributed by atoms with Gasteiger partial charge in [-0.3, -0.25) is 0 Å². The summed E-state index contributed by atoms with van der Waals surface area (Å²) in [5.74, 6) is 2.98. The lowest BCUT2D eigenvalue weighted by molar-refractivity contribution is 0.393. The van der Waals surface area contributed by atoms with Crippen molar-refractivity contribution in [1.29, 1.82) is 0 Å². The summed E-state index contributed by atoms with van der Waals surface area (Å²) in [5, 5.41) is 25.6. The highest BCUT2D eigenvalue weighted by molar-refractivity contribution is 7.98. The van der Waals surface area contributed by atoms with E-state index in [1.165, 1.54) is 29.6 Å². The molecule has 0 saturated carbocycles. The predicted octanol–water partition coefficient (Wildman–Crippen LogP) is 7.73. The third-order valence-electron chi connectivity index (χ3n) is 6.07. The van der Waals surface area contributed by atoms with Crippen molar-refractivity contribution < 1.29 is 8.91 Å². The number of anilines is 4. The second kappa shape index (κ2) is 14.5. The number of hydrogen-bond donors (Lipinski definition) is 4. The smallest absolute Gasteiger partial charge is 0.223 e. The summed E-state index contributed by atoms with van der Waals surface area (Å²) >= 11 is 2.90. The van der Waals surface area contributed by atoms with Gasteiger partial charge in [-0.05, 0) is 55.7 Å². The van der Waals surface area contributed by atoms with E-state index < -0.39 is 0 Å². The highest BCUT2D eigenvalue weighted by Crippen LogP contribution is 2.24. The zero-order valence-electron chi connectivity index (χ0n) is 23.8. The normalized spacial score (nSPS) is 10.7. The molecule has 0 unspecified atom stereocenters. The van der Waals surface area contributed by atoms with Crippen LogP contribution in [0.4, 0.5) is 27.7 Å². The van der Waals surface area contributed by atoms with Crippen molar-refractivity contribution in [1.82, 2.24) is 35.5 Å². The van der Waals surface area contributed by atoms with E-state index >= 15 is 0 Å². The molecular weight excluding hydrogens is 586 g/mol. The number of halogens is 1. The van der Waals surface area contributed by atoms with Crippen LogP contribution in [0.3, 0.4) is 0 Å². The van der Waals surface area contributed by atoms with Gasteiger partial charge in [0.15, 0.2) is 0 Å². The summed E-state index contributed by atoms with van der Waals surface area (Å²) in [6.45, 7) is 5.94. The molecule has 0 amide bonds. The van der Waals surface area contributed by atoms with E-state index in [4.69, 9.17) is 4.52 Å². The zero-order chi connectivity index (χ0) is 30.0. The van der Waals surface area contributed by atoms with Gasteiger partial charge in [-0.15, -0.1) is 10.2 Å². The first-order valence-electron chi connectivity index (χ1n) is 13.3. The summed E-state index contributed by atoms with van der Waals surface area (Å²) in [4.78, 5) is 8.75. The Balaban J connectivity index is 0.000000171. The first-order valence-corrected chi connectivity index (χ1v) is 15.3. The third kappa shape index (κ3) is 8.69. The molecule has 0 saturated heterocycles. The molecule has 0 radical (unpaired) electrons. The second-order valence-corrected chi connectivity index (χ2v) is 11.3. The summed E-state index contributed by atoms with van der Waals surface area (Å²) in [6, 6.07) is 24.6. The van der Waals surface area contributed by atoms with Crippen LogP contribution in [0.25, 0.3) is 0 Å². The van der Waals surface area contributed by atoms with E-state index in [9.17, 15) is 4.39 Å². The Morgan fingerprint density at radius 1 is 0.721 bits per heavy atom. The number of thioether (sulfide) groups is 2. The number of para-hydroxylation sites is 2. The molecule has 0 aliphatic carbocycles. The Morgan fingerprint density at radius 2 is 1.26 bits per heavy atom. The molecule has 0 aliphatic rings. The van der Waals surface area contributed by atoms with Crippen LogP contribution in [0.1, 0.15) is 28.1 Å². The lowest BCUT2D eigenvalue weighted by Gasteiger charge is -2.04. The first-order chi connectivity index (χ1) is 20.9. The van der Waals surface area contributed by atoms with Gasteiger partial charge in [-0.1, -0.05) is 83.3 Å². The van der Waals surface area contributed by atoms with Crippen LogP contribution in [-0.4, -0.2) is 35.5 Å². The van der Waals surface area contributed by atoms with Gasteiger partial charge in [0.25, 0.3) is 0 Å². The van der Waals surface area contributed by atoms with Crippen molar-refractivity contribution in [3.8, 4) is 0 Å². The Hall–Kier alpha value is -4.62. The number of nitrogens with one attached hydrogen (secondary N) is 4. The van der Waals surface area contributed by atoms with E-state index in [-0.39, 0.29) is 5.82 Å². The minimum Gasteiger partial charge on any atom is -0.361 e. The van der Waals surface area contributed by atoms with Crippen LogP contribution in [0.5, 0.6) is 0 Å². The monoisotopic (exact) mass is 615 g/mol. The summed E-state index contributed by atoms with van der Waals surface area (Å²) in [7, 11) is 0. The lowest BCUT2D eigenvalue weighted by atomic mass is 10.2. The molecule has 0 atom stereocenters. The summed E-state index contributed by atoms with van der Waals surface area (Å²) in [6.07, 6.45) is 0. The van der Waals surface area contributed by atoms with Crippen molar-refractivity contribution in [3.05, 3.63) is 113 Å². The molecule has 0 bridgehead atoms. The first kappa shape index (κ1) is 29.9. The van der Waals surface area contributed by atoms with E-state index in [0.29, 0.717) is 39.3 Å². The number of rotatable bonds is 10. The molecule has 6 rings (SSSR count). The van der Waals surface area contributed by atoms with Gasteiger partial charge in [-0.2, -0.15) is 9.97 Å². The van der Waals surface area contributed by atoms with Crippen molar-refractivity contribution in [3.63, 3.8) is 0 Å². The summed E-state index contributed by atoms with van der Waals surface area (Å²) < 4.78 is 18.6. The van der Waals surface area contributed by atoms with Crippen LogP contribution in [0.15, 0.2) is 93.7 Å². The van der Waals surface area contributed by atoms with Gasteiger partial charge in [-0.25, -0.2) is 14.6 Å². The molecule has 43 heavy (non-hydrogen) atoms.